The maximum absolute atomic E-state index is 13.8. The Bertz CT molecular complexity index is 1060. The van der Waals surface area contributed by atoms with E-state index < -0.39 is 23.5 Å². The van der Waals surface area contributed by atoms with Gasteiger partial charge in [0, 0.05) is 51.0 Å². The molecule has 0 aromatic heterocycles. The first-order valence-electron chi connectivity index (χ1n) is 14.7. The second kappa shape index (κ2) is 14.5. The van der Waals surface area contributed by atoms with Gasteiger partial charge in [0.05, 0.1) is 39.5 Å². The minimum Gasteiger partial charge on any atom is -0.497 e. The summed E-state index contributed by atoms with van der Waals surface area (Å²) < 4.78 is 21.5. The maximum Gasteiger partial charge on any atom is 0.223 e. The van der Waals surface area contributed by atoms with Crippen LogP contribution in [0.2, 0.25) is 0 Å². The molecule has 0 aliphatic carbocycles. The van der Waals surface area contributed by atoms with Gasteiger partial charge in [0.2, 0.25) is 5.91 Å². The highest BCUT2D eigenvalue weighted by molar-refractivity contribution is 5.97. The number of carbonyl (C=O) groups is 4. The lowest BCUT2D eigenvalue weighted by molar-refractivity contribution is -0.134. The molecule has 1 N–H and O–H groups in total. The molecule has 3 aliphatic heterocycles. The largest absolute Gasteiger partial charge is 0.497 e. The lowest BCUT2D eigenvalue weighted by Crippen LogP contribution is -2.46. The first-order chi connectivity index (χ1) is 19.7. The van der Waals surface area contributed by atoms with Crippen molar-refractivity contribution >= 4 is 23.3 Å². The van der Waals surface area contributed by atoms with Crippen molar-refractivity contribution in [3.8, 4) is 5.75 Å². The number of nitrogens with zero attached hydrogens (tertiary/aromatic N) is 1. The fourth-order valence-electron chi connectivity index (χ4n) is 5.59. The summed E-state index contributed by atoms with van der Waals surface area (Å²) in [5.74, 6) is -0.837. The van der Waals surface area contributed by atoms with Crippen LogP contribution in [0.15, 0.2) is 24.3 Å². The number of nitrogens with one attached hydrogen (secondary N) is 1. The molecule has 0 saturated carbocycles. The number of hydrogen-bond donors (Lipinski definition) is 1. The van der Waals surface area contributed by atoms with Gasteiger partial charge in [-0.25, -0.2) is 0 Å². The highest BCUT2D eigenvalue weighted by atomic mass is 16.6. The highest BCUT2D eigenvalue weighted by Crippen LogP contribution is 2.35. The van der Waals surface area contributed by atoms with Gasteiger partial charge in [-0.3, -0.25) is 24.1 Å². The number of methoxy groups -OCH3 is 1. The summed E-state index contributed by atoms with van der Waals surface area (Å²) in [5.41, 5.74) is 0.0131. The number of hydrogen-bond acceptors (Lipinski definition) is 9. The van der Waals surface area contributed by atoms with Crippen LogP contribution in [-0.4, -0.2) is 99.6 Å². The minimum atomic E-state index is -0.839. The van der Waals surface area contributed by atoms with Crippen LogP contribution in [-0.2, 0) is 39.8 Å². The number of Topliss-reactive ketones (excluding diaryl/α,β-unsaturated/α-hetero) is 3. The molecule has 4 rings (SSSR count). The van der Waals surface area contributed by atoms with Crippen LogP contribution in [0.5, 0.6) is 5.75 Å². The third-order valence-electron chi connectivity index (χ3n) is 8.35. The summed E-state index contributed by atoms with van der Waals surface area (Å²) >= 11 is 0. The van der Waals surface area contributed by atoms with Crippen LogP contribution in [0.4, 0.5) is 0 Å². The molecule has 1 aromatic carbocycles. The van der Waals surface area contributed by atoms with Crippen LogP contribution < -0.4 is 10.1 Å². The van der Waals surface area contributed by atoms with E-state index in [4.69, 9.17) is 18.9 Å². The molecule has 5 atom stereocenters. The van der Waals surface area contributed by atoms with Crippen molar-refractivity contribution in [1.29, 1.82) is 0 Å². The van der Waals surface area contributed by atoms with E-state index in [2.05, 4.69) is 5.32 Å². The standard InChI is InChI=1S/C31H44N2O8/c1-21(14-25(34)18-33-9-12-39-13-10-33)30(37)32-27(16-22-4-6-26(38-3)7-5-22)28(35)17-24(15-23-8-11-40-19-23)29(36)31(2)20-41-31/h4-7,21,23-24,27H,8-20H2,1-3H3,(H,32,37)/t21-,23-,24-,27+,31-/m1/s1. The Morgan fingerprint density at radius 1 is 1.07 bits per heavy atom. The van der Waals surface area contributed by atoms with E-state index in [1.54, 1.807) is 21.0 Å². The Kier molecular flexibility index (Phi) is 11.1. The van der Waals surface area contributed by atoms with Crippen molar-refractivity contribution in [2.24, 2.45) is 17.8 Å². The number of ether oxygens (including phenoxy) is 4. The summed E-state index contributed by atoms with van der Waals surface area (Å²) in [4.78, 5) is 55.1. The van der Waals surface area contributed by atoms with Gasteiger partial charge in [0.25, 0.3) is 0 Å². The van der Waals surface area contributed by atoms with Gasteiger partial charge in [-0.05, 0) is 49.8 Å². The number of benzene rings is 1. The molecule has 0 bridgehead atoms. The Morgan fingerprint density at radius 2 is 1.78 bits per heavy atom. The number of carbonyl (C=O) groups excluding carboxylic acids is 4. The lowest BCUT2D eigenvalue weighted by atomic mass is 9.81. The van der Waals surface area contributed by atoms with Gasteiger partial charge in [0.1, 0.15) is 17.1 Å². The zero-order chi connectivity index (χ0) is 29.4. The molecule has 3 aliphatic rings. The highest BCUT2D eigenvalue weighted by Gasteiger charge is 2.50. The molecule has 226 valence electrons. The molecule has 0 unspecified atom stereocenters. The van der Waals surface area contributed by atoms with E-state index in [0.717, 1.165) is 12.0 Å². The average Bonchev–Trinajstić information content (AvgIpc) is 3.51. The predicted molar refractivity (Wildman–Crippen MR) is 151 cm³/mol. The number of rotatable bonds is 16. The quantitative estimate of drug-likeness (QED) is 0.296. The molecular formula is C31H44N2O8. The van der Waals surface area contributed by atoms with E-state index in [9.17, 15) is 19.2 Å². The molecular weight excluding hydrogens is 528 g/mol. The fraction of sp³-hybridized carbons (Fsp3) is 0.677. The Labute approximate surface area is 242 Å². The topological polar surface area (TPSA) is 124 Å². The van der Waals surface area contributed by atoms with Gasteiger partial charge >= 0.3 is 0 Å². The summed E-state index contributed by atoms with van der Waals surface area (Å²) in [7, 11) is 1.58. The van der Waals surface area contributed by atoms with Gasteiger partial charge in [-0.2, -0.15) is 0 Å². The number of morpholine rings is 1. The molecule has 10 heteroatoms. The summed E-state index contributed by atoms with van der Waals surface area (Å²) in [6, 6.07) is 6.50. The van der Waals surface area contributed by atoms with Gasteiger partial charge in [-0.15, -0.1) is 0 Å². The van der Waals surface area contributed by atoms with Gasteiger partial charge in [-0.1, -0.05) is 19.1 Å². The van der Waals surface area contributed by atoms with Crippen molar-refractivity contribution < 1.29 is 38.1 Å². The Morgan fingerprint density at radius 3 is 2.39 bits per heavy atom. The zero-order valence-electron chi connectivity index (χ0n) is 24.5. The normalized spacial score (nSPS) is 24.7. The van der Waals surface area contributed by atoms with Crippen LogP contribution in [0.25, 0.3) is 0 Å². The molecule has 3 fully saturated rings. The molecule has 1 amide bonds. The van der Waals surface area contributed by atoms with Crippen LogP contribution in [0.3, 0.4) is 0 Å². The number of ketones is 3. The monoisotopic (exact) mass is 572 g/mol. The minimum absolute atomic E-state index is 0.0136. The van der Waals surface area contributed by atoms with Gasteiger partial charge < -0.3 is 24.3 Å². The van der Waals surface area contributed by atoms with Crippen molar-refractivity contribution in [2.45, 2.75) is 57.6 Å². The average molecular weight is 573 g/mol. The van der Waals surface area contributed by atoms with Crippen LogP contribution >= 0.6 is 0 Å². The summed E-state index contributed by atoms with van der Waals surface area (Å²) in [6.07, 6.45) is 1.78. The SMILES string of the molecule is COc1ccc(C[C@H](NC(=O)[C@H](C)CC(=O)CN2CCOCC2)C(=O)C[C@@H](C[C@H]2CCOC2)C(=O)[C@@]2(C)CO2)cc1. The van der Waals surface area contributed by atoms with Crippen LogP contribution in [0, 0.1) is 17.8 Å². The molecule has 3 saturated heterocycles. The number of amides is 1. The van der Waals surface area contributed by atoms with Crippen LogP contribution in [0.1, 0.15) is 45.1 Å². The molecule has 3 heterocycles. The lowest BCUT2D eigenvalue weighted by Gasteiger charge is -2.26. The third-order valence-corrected chi connectivity index (χ3v) is 8.35. The maximum atomic E-state index is 13.8. The second-order valence-electron chi connectivity index (χ2n) is 11.9. The molecule has 10 nitrogen and oxygen atoms in total. The first-order valence-corrected chi connectivity index (χ1v) is 14.7. The van der Waals surface area contributed by atoms with E-state index >= 15 is 0 Å². The molecule has 0 radical (unpaired) electrons. The van der Waals surface area contributed by atoms with Gasteiger partial charge in [0.15, 0.2) is 11.6 Å². The van der Waals surface area contributed by atoms with E-state index in [1.807, 2.05) is 29.2 Å². The Balaban J connectivity index is 1.43. The fourth-order valence-corrected chi connectivity index (χ4v) is 5.59. The summed E-state index contributed by atoms with van der Waals surface area (Å²) in [5, 5.41) is 2.92. The zero-order valence-corrected chi connectivity index (χ0v) is 24.5. The second-order valence-corrected chi connectivity index (χ2v) is 11.9. The van der Waals surface area contributed by atoms with Crippen molar-refractivity contribution in [3.63, 3.8) is 0 Å². The van der Waals surface area contributed by atoms with Crippen molar-refractivity contribution in [3.05, 3.63) is 29.8 Å². The van der Waals surface area contributed by atoms with E-state index in [-0.39, 0.29) is 55.0 Å². The molecule has 0 spiro atoms. The Hall–Kier alpha value is -2.66. The molecule has 41 heavy (non-hydrogen) atoms. The van der Waals surface area contributed by atoms with Crippen molar-refractivity contribution in [2.75, 3.05) is 59.8 Å². The first kappa shape index (κ1) is 31.3. The van der Waals surface area contributed by atoms with E-state index in [1.165, 1.54) is 0 Å². The summed E-state index contributed by atoms with van der Waals surface area (Å²) in [6.45, 7) is 7.95. The predicted octanol–water partition coefficient (Wildman–Crippen LogP) is 2.01. The molecule has 1 aromatic rings. The third kappa shape index (κ3) is 9.16. The van der Waals surface area contributed by atoms with E-state index in [0.29, 0.717) is 58.3 Å². The smallest absolute Gasteiger partial charge is 0.223 e. The van der Waals surface area contributed by atoms with Crippen molar-refractivity contribution in [1.82, 2.24) is 10.2 Å². The number of epoxide rings is 1.